The van der Waals surface area contributed by atoms with Crippen LogP contribution < -0.4 is 4.90 Å². The summed E-state index contributed by atoms with van der Waals surface area (Å²) in [6.45, 7) is 0. The number of hydrogen-bond acceptors (Lipinski definition) is 2. The van der Waals surface area contributed by atoms with Crippen LogP contribution in [-0.2, 0) is 4.74 Å². The minimum absolute atomic E-state index is 0.0523. The summed E-state index contributed by atoms with van der Waals surface area (Å²) >= 11 is 0. The van der Waals surface area contributed by atoms with Gasteiger partial charge in [0.2, 0.25) is 0 Å². The largest absolute Gasteiger partial charge is 0.344 e. The zero-order chi connectivity index (χ0) is 17.8. The highest BCUT2D eigenvalue weighted by molar-refractivity contribution is 5.93. The minimum Gasteiger partial charge on any atom is -0.344 e. The van der Waals surface area contributed by atoms with Gasteiger partial charge >= 0.3 is 0 Å². The third-order valence-electron chi connectivity index (χ3n) is 5.85. The normalized spacial score (nSPS) is 23.0. The summed E-state index contributed by atoms with van der Waals surface area (Å²) < 4.78 is 6.74. The molecule has 0 unspecified atom stereocenters. The average Bonchev–Trinajstić information content (AvgIpc) is 3.27. The standard InChI is InChI=1S/C25H19NO/c1-3-9-18(10-4-1)25-26(19-13-5-2-6-14-19)23-20-15-7-11-17-12-8-16-21(22(17)20)24(23)27-25/h1-16,23-25H/t23-,24-,25-/m0/s1. The van der Waals surface area contributed by atoms with Crippen molar-refractivity contribution in [1.82, 2.24) is 0 Å². The van der Waals surface area contributed by atoms with Gasteiger partial charge in [0.15, 0.2) is 6.23 Å². The number of rotatable bonds is 2. The van der Waals surface area contributed by atoms with Crippen LogP contribution in [0.5, 0.6) is 0 Å². The molecule has 0 saturated carbocycles. The van der Waals surface area contributed by atoms with Gasteiger partial charge in [0.1, 0.15) is 6.10 Å². The molecule has 2 heteroatoms. The first kappa shape index (κ1) is 15.0. The first-order valence-electron chi connectivity index (χ1n) is 9.47. The van der Waals surface area contributed by atoms with Crippen LogP contribution in [0.25, 0.3) is 10.8 Å². The predicted molar refractivity (Wildman–Crippen MR) is 109 cm³/mol. The molecule has 0 amide bonds. The number of nitrogens with zero attached hydrogens (tertiary/aromatic N) is 1. The molecule has 6 rings (SSSR count). The summed E-state index contributed by atoms with van der Waals surface area (Å²) in [6, 6.07) is 34.6. The number of anilines is 1. The van der Waals surface area contributed by atoms with Crippen molar-refractivity contribution in [3.63, 3.8) is 0 Å². The number of benzene rings is 4. The molecule has 1 aliphatic heterocycles. The van der Waals surface area contributed by atoms with Crippen LogP contribution in [0.15, 0.2) is 97.1 Å². The zero-order valence-electron chi connectivity index (χ0n) is 14.8. The van der Waals surface area contributed by atoms with Crippen molar-refractivity contribution in [3.8, 4) is 0 Å². The Morgan fingerprint density at radius 3 is 2.04 bits per heavy atom. The van der Waals surface area contributed by atoms with E-state index in [4.69, 9.17) is 4.74 Å². The Morgan fingerprint density at radius 1 is 0.630 bits per heavy atom. The van der Waals surface area contributed by atoms with Gasteiger partial charge in [-0.25, -0.2) is 0 Å². The lowest BCUT2D eigenvalue weighted by atomic mass is 10.0. The Balaban J connectivity index is 1.58. The molecule has 130 valence electrons. The van der Waals surface area contributed by atoms with E-state index < -0.39 is 0 Å². The molecule has 2 nitrogen and oxygen atoms in total. The first-order valence-corrected chi connectivity index (χ1v) is 9.47. The van der Waals surface area contributed by atoms with E-state index in [0.29, 0.717) is 0 Å². The van der Waals surface area contributed by atoms with Crippen LogP contribution in [0.4, 0.5) is 5.69 Å². The molecular formula is C25H19NO. The van der Waals surface area contributed by atoms with Crippen molar-refractivity contribution in [2.24, 2.45) is 0 Å². The molecule has 27 heavy (non-hydrogen) atoms. The van der Waals surface area contributed by atoms with Gasteiger partial charge in [-0.15, -0.1) is 0 Å². The van der Waals surface area contributed by atoms with E-state index in [1.165, 1.54) is 33.2 Å². The molecule has 4 aromatic carbocycles. The second kappa shape index (κ2) is 5.70. The van der Waals surface area contributed by atoms with Crippen LogP contribution in [0.2, 0.25) is 0 Å². The molecule has 1 heterocycles. The topological polar surface area (TPSA) is 12.5 Å². The van der Waals surface area contributed by atoms with E-state index in [1.54, 1.807) is 0 Å². The van der Waals surface area contributed by atoms with Crippen LogP contribution in [0, 0.1) is 0 Å². The van der Waals surface area contributed by atoms with E-state index in [9.17, 15) is 0 Å². The maximum atomic E-state index is 6.74. The van der Waals surface area contributed by atoms with Crippen molar-refractivity contribution in [3.05, 3.63) is 114 Å². The molecule has 1 fully saturated rings. The molecule has 0 N–H and O–H groups in total. The highest BCUT2D eigenvalue weighted by Gasteiger charge is 2.49. The summed E-state index contributed by atoms with van der Waals surface area (Å²) in [5, 5.41) is 2.66. The Kier molecular flexibility index (Phi) is 3.17. The molecule has 0 aromatic heterocycles. The lowest BCUT2D eigenvalue weighted by molar-refractivity contribution is 0.0433. The summed E-state index contributed by atoms with van der Waals surface area (Å²) in [7, 11) is 0. The highest BCUT2D eigenvalue weighted by Crippen LogP contribution is 2.58. The van der Waals surface area contributed by atoms with Crippen molar-refractivity contribution in [2.45, 2.75) is 18.4 Å². The monoisotopic (exact) mass is 349 g/mol. The number of hydrogen-bond donors (Lipinski definition) is 0. The molecule has 2 aliphatic rings. The predicted octanol–water partition coefficient (Wildman–Crippen LogP) is 6.17. The maximum Gasteiger partial charge on any atom is 0.158 e. The van der Waals surface area contributed by atoms with E-state index in [2.05, 4.69) is 102 Å². The summed E-state index contributed by atoms with van der Waals surface area (Å²) in [5.41, 5.74) is 5.08. The Hall–Kier alpha value is -3.10. The maximum absolute atomic E-state index is 6.74. The van der Waals surface area contributed by atoms with Gasteiger partial charge < -0.3 is 9.64 Å². The number of ether oxygens (including phenoxy) is 1. The molecule has 0 radical (unpaired) electrons. The van der Waals surface area contributed by atoms with Crippen LogP contribution in [-0.4, -0.2) is 0 Å². The molecule has 0 spiro atoms. The van der Waals surface area contributed by atoms with Crippen molar-refractivity contribution >= 4 is 16.5 Å². The summed E-state index contributed by atoms with van der Waals surface area (Å²) in [4.78, 5) is 2.45. The Morgan fingerprint density at radius 2 is 1.30 bits per heavy atom. The smallest absolute Gasteiger partial charge is 0.158 e. The third-order valence-corrected chi connectivity index (χ3v) is 5.85. The van der Waals surface area contributed by atoms with Gasteiger partial charge in [-0.3, -0.25) is 0 Å². The minimum atomic E-state index is -0.0905. The van der Waals surface area contributed by atoms with Crippen molar-refractivity contribution < 1.29 is 4.74 Å². The summed E-state index contributed by atoms with van der Waals surface area (Å²) in [6.07, 6.45) is -0.0382. The van der Waals surface area contributed by atoms with Gasteiger partial charge in [-0.05, 0) is 34.0 Å². The van der Waals surface area contributed by atoms with Crippen LogP contribution >= 0.6 is 0 Å². The third kappa shape index (κ3) is 2.11. The SMILES string of the molecule is c1ccc([C@@H]2O[C@H]3c4cccc5cccc(c45)[C@@H]3N2c2ccccc2)cc1. The molecule has 1 saturated heterocycles. The fourth-order valence-electron chi connectivity index (χ4n) is 4.76. The number of fused-ring (bicyclic) bond motifs is 3. The van der Waals surface area contributed by atoms with Crippen molar-refractivity contribution in [2.75, 3.05) is 4.90 Å². The summed E-state index contributed by atoms with van der Waals surface area (Å²) in [5.74, 6) is 0. The van der Waals surface area contributed by atoms with E-state index in [-0.39, 0.29) is 18.4 Å². The first-order chi connectivity index (χ1) is 13.4. The lowest BCUT2D eigenvalue weighted by Crippen LogP contribution is -2.26. The van der Waals surface area contributed by atoms with Crippen LogP contribution in [0.1, 0.15) is 35.1 Å². The average molecular weight is 349 g/mol. The zero-order valence-corrected chi connectivity index (χ0v) is 14.8. The highest BCUT2D eigenvalue weighted by atomic mass is 16.5. The lowest BCUT2D eigenvalue weighted by Gasteiger charge is -2.30. The van der Waals surface area contributed by atoms with Gasteiger partial charge in [-0.1, -0.05) is 84.9 Å². The van der Waals surface area contributed by atoms with Gasteiger partial charge in [0.25, 0.3) is 0 Å². The molecule has 3 atom stereocenters. The fraction of sp³-hybridized carbons (Fsp3) is 0.120. The van der Waals surface area contributed by atoms with Gasteiger partial charge in [-0.2, -0.15) is 0 Å². The molecule has 4 aromatic rings. The molecule has 0 bridgehead atoms. The van der Waals surface area contributed by atoms with Gasteiger partial charge in [0.05, 0.1) is 6.04 Å². The van der Waals surface area contributed by atoms with E-state index in [0.717, 1.165) is 0 Å². The Bertz CT molecular complexity index is 1120. The van der Waals surface area contributed by atoms with Crippen molar-refractivity contribution in [1.29, 1.82) is 0 Å². The van der Waals surface area contributed by atoms with Crippen LogP contribution in [0.3, 0.4) is 0 Å². The molecular weight excluding hydrogens is 330 g/mol. The molecule has 1 aliphatic carbocycles. The van der Waals surface area contributed by atoms with E-state index in [1.807, 2.05) is 0 Å². The quantitative estimate of drug-likeness (QED) is 0.429. The van der Waals surface area contributed by atoms with E-state index >= 15 is 0 Å². The second-order valence-electron chi connectivity index (χ2n) is 7.30. The van der Waals surface area contributed by atoms with Gasteiger partial charge in [0, 0.05) is 11.3 Å². The Labute approximate surface area is 158 Å². The fourth-order valence-corrected chi connectivity index (χ4v) is 4.76. The number of para-hydroxylation sites is 1. The second-order valence-corrected chi connectivity index (χ2v) is 7.30.